The zero-order valence-electron chi connectivity index (χ0n) is 40.0. The van der Waals surface area contributed by atoms with Gasteiger partial charge in [-0.05, 0) is 33.1 Å². The standard InChI is InChI=1S/C49H77N3O17/c1-28-18-16-14-12-10-8-6-7-9-11-13-15-17-19-36(68-48-46(63)43(50)45(62)31(4)67-48)25-40-42(47(64)52-51-32(5)53)39(59)27-49(65,69-40)26-35(56)23-38(58)37(57)21-20-33(54)22-34(55)24-41(60)66-30(3)29(2)44(28)61/h6-19,28-31,33-40,42-46,48,54-59,61-63,65H,20-27,50H2,1-5H3,(H,51,53)(H,52,64)/b7-6+,10-8+,11-9+,14-12+,15-13+,18-16+,19-17+/t28-,29-,30-,31-,33+,34+,35-,36-,37+,38+,39-,40-,42+,43-,44+,45+,46-,48+,49+/m0/s1. The first-order chi connectivity index (χ1) is 32.5. The van der Waals surface area contributed by atoms with Crippen molar-refractivity contribution in [3.63, 3.8) is 0 Å². The maximum absolute atomic E-state index is 13.5. The second-order valence-electron chi connectivity index (χ2n) is 18.4. The first-order valence-electron chi connectivity index (χ1n) is 23.5. The summed E-state index contributed by atoms with van der Waals surface area (Å²) in [5.74, 6) is -6.80. The van der Waals surface area contributed by atoms with E-state index in [1.165, 1.54) is 13.0 Å². The summed E-state index contributed by atoms with van der Waals surface area (Å²) >= 11 is 0. The highest BCUT2D eigenvalue weighted by atomic mass is 16.7. The number of aliphatic hydroxyl groups excluding tert-OH is 9. The fourth-order valence-electron chi connectivity index (χ4n) is 8.22. The van der Waals surface area contributed by atoms with Gasteiger partial charge in [0, 0.05) is 44.4 Å². The van der Waals surface area contributed by atoms with Crippen molar-refractivity contribution in [2.75, 3.05) is 0 Å². The first-order valence-corrected chi connectivity index (χ1v) is 23.5. The third-order valence-electron chi connectivity index (χ3n) is 12.4. The van der Waals surface area contributed by atoms with Crippen LogP contribution in [0.2, 0.25) is 0 Å². The van der Waals surface area contributed by atoms with E-state index < -0.39 is 153 Å². The molecule has 69 heavy (non-hydrogen) atoms. The lowest BCUT2D eigenvalue weighted by Gasteiger charge is -2.46. The molecule has 20 nitrogen and oxygen atoms in total. The number of hydrogen-bond acceptors (Lipinski definition) is 18. The van der Waals surface area contributed by atoms with Crippen molar-refractivity contribution >= 4 is 17.8 Å². The molecule has 0 aliphatic carbocycles. The van der Waals surface area contributed by atoms with Crippen LogP contribution in [-0.2, 0) is 33.3 Å². The molecule has 20 heteroatoms. The summed E-state index contributed by atoms with van der Waals surface area (Å²) in [7, 11) is 0. The van der Waals surface area contributed by atoms with E-state index in [1.807, 2.05) is 19.1 Å². The number of nitrogens with one attached hydrogen (secondary N) is 2. The summed E-state index contributed by atoms with van der Waals surface area (Å²) in [6, 6.07) is -1.16. The third kappa shape index (κ3) is 20.4. The minimum Gasteiger partial charge on any atom is -0.462 e. The molecule has 390 valence electrons. The molecule has 2 amide bonds. The lowest BCUT2D eigenvalue weighted by molar-refractivity contribution is -0.307. The minimum atomic E-state index is -2.34. The molecular weight excluding hydrogens is 903 g/mol. The monoisotopic (exact) mass is 980 g/mol. The van der Waals surface area contributed by atoms with Crippen molar-refractivity contribution < 1.29 is 84.4 Å². The van der Waals surface area contributed by atoms with Crippen LogP contribution in [0, 0.1) is 17.8 Å². The zero-order valence-corrected chi connectivity index (χ0v) is 40.0. The highest BCUT2D eigenvalue weighted by Crippen LogP contribution is 2.38. The number of carbonyl (C=O) groups excluding carboxylic acids is 3. The van der Waals surface area contributed by atoms with Gasteiger partial charge in [0.2, 0.25) is 11.8 Å². The number of aliphatic hydroxyl groups is 10. The summed E-state index contributed by atoms with van der Waals surface area (Å²) in [6.07, 6.45) is 3.40. The Labute approximate surface area is 404 Å². The first kappa shape index (κ1) is 59.3. The van der Waals surface area contributed by atoms with Crippen LogP contribution in [-0.4, -0.2) is 166 Å². The van der Waals surface area contributed by atoms with Gasteiger partial charge in [0.15, 0.2) is 12.1 Å². The quantitative estimate of drug-likeness (QED) is 0.129. The largest absolute Gasteiger partial charge is 0.462 e. The maximum Gasteiger partial charge on any atom is 0.308 e. The van der Waals surface area contributed by atoms with Crippen molar-refractivity contribution in [2.45, 2.75) is 183 Å². The molecule has 0 spiro atoms. The van der Waals surface area contributed by atoms with Gasteiger partial charge in [-0.25, -0.2) is 0 Å². The normalized spacial score (nSPS) is 43.4. The molecule has 0 radical (unpaired) electrons. The second-order valence-corrected chi connectivity index (χ2v) is 18.4. The number of nitrogens with two attached hydrogens (primary N) is 1. The number of hydrogen-bond donors (Lipinski definition) is 13. The fourth-order valence-corrected chi connectivity index (χ4v) is 8.22. The molecule has 2 fully saturated rings. The highest BCUT2D eigenvalue weighted by molar-refractivity contribution is 5.83. The van der Waals surface area contributed by atoms with Crippen molar-refractivity contribution in [1.82, 2.24) is 10.9 Å². The van der Waals surface area contributed by atoms with Crippen LogP contribution in [0.3, 0.4) is 0 Å². The number of amides is 2. The van der Waals surface area contributed by atoms with Gasteiger partial charge >= 0.3 is 5.97 Å². The molecule has 0 aromatic carbocycles. The van der Waals surface area contributed by atoms with E-state index in [4.69, 9.17) is 24.7 Å². The summed E-state index contributed by atoms with van der Waals surface area (Å²) in [5, 5.41) is 109. The molecule has 2 bridgehead atoms. The Hall–Kier alpha value is -3.97. The maximum atomic E-state index is 13.5. The molecule has 3 aliphatic heterocycles. The van der Waals surface area contributed by atoms with Crippen LogP contribution in [0.25, 0.3) is 0 Å². The number of esters is 1. The fraction of sp³-hybridized carbons (Fsp3) is 0.653. The topological polar surface area (TPSA) is 341 Å². The van der Waals surface area contributed by atoms with Gasteiger partial charge in [-0.15, -0.1) is 0 Å². The molecule has 0 unspecified atom stereocenters. The van der Waals surface area contributed by atoms with Gasteiger partial charge in [-0.1, -0.05) is 98.9 Å². The highest BCUT2D eigenvalue weighted by Gasteiger charge is 2.51. The van der Waals surface area contributed by atoms with E-state index >= 15 is 0 Å². The number of cyclic esters (lactones) is 1. The van der Waals surface area contributed by atoms with Gasteiger partial charge in [0.05, 0.1) is 85.5 Å². The Bertz CT molecular complexity index is 1810. The molecule has 0 aromatic rings. The molecule has 14 N–H and O–H groups in total. The Kier molecular flexibility index (Phi) is 25.3. The average Bonchev–Trinajstić information content (AvgIpc) is 3.26. The van der Waals surface area contributed by atoms with Gasteiger partial charge in [0.25, 0.3) is 0 Å². The van der Waals surface area contributed by atoms with Crippen LogP contribution in [0.1, 0.15) is 86.0 Å². The Morgan fingerprint density at radius 2 is 1.25 bits per heavy atom. The number of fused-ring (bicyclic) bond motifs is 2. The van der Waals surface area contributed by atoms with E-state index in [0.717, 1.165) is 6.92 Å². The predicted molar refractivity (Wildman–Crippen MR) is 251 cm³/mol. The van der Waals surface area contributed by atoms with E-state index in [-0.39, 0.29) is 31.6 Å². The lowest BCUT2D eigenvalue weighted by Crippen LogP contribution is -2.62. The van der Waals surface area contributed by atoms with Crippen LogP contribution in [0.4, 0.5) is 0 Å². The summed E-state index contributed by atoms with van der Waals surface area (Å²) in [4.78, 5) is 37.8. The van der Waals surface area contributed by atoms with Crippen LogP contribution in [0.15, 0.2) is 85.1 Å². The van der Waals surface area contributed by atoms with Gasteiger partial charge in [-0.2, -0.15) is 0 Å². The zero-order chi connectivity index (χ0) is 51.4. The summed E-state index contributed by atoms with van der Waals surface area (Å²) < 4.78 is 23.5. The van der Waals surface area contributed by atoms with Crippen molar-refractivity contribution in [1.29, 1.82) is 0 Å². The molecule has 3 aliphatic rings. The second kappa shape index (κ2) is 29.4. The smallest absolute Gasteiger partial charge is 0.308 e. The molecular formula is C49H77N3O17. The van der Waals surface area contributed by atoms with Crippen molar-refractivity contribution in [3.8, 4) is 0 Å². The van der Waals surface area contributed by atoms with Gasteiger partial charge in [-0.3, -0.25) is 25.2 Å². The Morgan fingerprint density at radius 1 is 0.667 bits per heavy atom. The Morgan fingerprint density at radius 3 is 1.84 bits per heavy atom. The minimum absolute atomic E-state index is 0.116. The summed E-state index contributed by atoms with van der Waals surface area (Å²) in [5.41, 5.74) is 10.4. The SMILES string of the molecule is CC(=O)NNC(=O)[C@H]1[C@@H]2C[C@@H](O[C@H]3O[C@@H](C)[C@@H](O)[C@H](N)[C@@H]3O)/C=C/C=C/C=C/C=C/C=C/C=C/C=C/[C@H](C)[C@@H](O)[C@@H](C)[C@H](C)OC(=O)C[C@H](O)C[C@H](O)CC[C@@H](O)[C@H](O)C[C@H](O)C[C@](O)(C[C@@H]1O)O2. The number of allylic oxidation sites excluding steroid dienone is 12. The van der Waals surface area contributed by atoms with E-state index in [1.54, 1.807) is 80.7 Å². The molecule has 0 aromatic heterocycles. The van der Waals surface area contributed by atoms with Crippen molar-refractivity contribution in [2.24, 2.45) is 23.5 Å². The molecule has 19 atom stereocenters. The molecule has 3 rings (SSSR count). The number of hydrazine groups is 1. The number of ether oxygens (including phenoxy) is 4. The third-order valence-corrected chi connectivity index (χ3v) is 12.4. The lowest BCUT2D eigenvalue weighted by atomic mass is 9.82. The average molecular weight is 980 g/mol. The number of rotatable bonds is 3. The van der Waals surface area contributed by atoms with Crippen LogP contribution >= 0.6 is 0 Å². The molecule has 0 saturated carbocycles. The molecule has 3 heterocycles. The number of carbonyl (C=O) groups is 3. The van der Waals surface area contributed by atoms with E-state index in [9.17, 15) is 65.4 Å². The van der Waals surface area contributed by atoms with Crippen LogP contribution < -0.4 is 16.6 Å². The summed E-state index contributed by atoms with van der Waals surface area (Å²) in [6.45, 7) is 7.88. The van der Waals surface area contributed by atoms with E-state index in [0.29, 0.717) is 0 Å². The van der Waals surface area contributed by atoms with Crippen molar-refractivity contribution in [3.05, 3.63) is 85.1 Å². The predicted octanol–water partition coefficient (Wildman–Crippen LogP) is -0.206. The van der Waals surface area contributed by atoms with E-state index in [2.05, 4.69) is 10.9 Å². The molecule has 2 saturated heterocycles. The Balaban J connectivity index is 1.92. The van der Waals surface area contributed by atoms with Gasteiger partial charge in [0.1, 0.15) is 12.2 Å². The van der Waals surface area contributed by atoms with Crippen LogP contribution in [0.5, 0.6) is 0 Å². The van der Waals surface area contributed by atoms with Gasteiger partial charge < -0.3 is 75.7 Å².